The summed E-state index contributed by atoms with van der Waals surface area (Å²) in [5.41, 5.74) is 3.00. The molecule has 0 saturated heterocycles. The van der Waals surface area contributed by atoms with E-state index < -0.39 is 16.9 Å². The Morgan fingerprint density at radius 2 is 2.12 bits per heavy atom. The number of carbonyl (C=O) groups excluding carboxylic acids is 1. The van der Waals surface area contributed by atoms with Crippen molar-refractivity contribution >= 4 is 44.6 Å². The lowest BCUT2D eigenvalue weighted by atomic mass is 10.2. The number of rotatable bonds is 7. The fourth-order valence-electron chi connectivity index (χ4n) is 1.94. The Labute approximate surface area is 157 Å². The van der Waals surface area contributed by atoms with Crippen LogP contribution < -0.4 is 10.2 Å². The zero-order valence-electron chi connectivity index (χ0n) is 13.6. The van der Waals surface area contributed by atoms with Gasteiger partial charge in [0.05, 0.1) is 19.3 Å². The predicted molar refractivity (Wildman–Crippen MR) is 100 cm³/mol. The first-order chi connectivity index (χ1) is 11.9. The number of para-hydroxylation sites is 2. The molecule has 0 aliphatic heterocycles. The molecule has 9 heteroatoms. The number of amides is 1. The molecule has 0 fully saturated rings. The second-order valence-corrected chi connectivity index (χ2v) is 7.44. The summed E-state index contributed by atoms with van der Waals surface area (Å²) in [5, 5.41) is 15.1. The van der Waals surface area contributed by atoms with Gasteiger partial charge < -0.3 is 4.74 Å². The van der Waals surface area contributed by atoms with Crippen LogP contribution in [0.2, 0.25) is 0 Å². The number of hydrogen-bond acceptors (Lipinski definition) is 6. The average molecular weight is 426 g/mol. The maximum Gasteiger partial charge on any atom is 0.310 e. The molecule has 1 heterocycles. The number of nitrogens with one attached hydrogen (secondary N) is 1. The van der Waals surface area contributed by atoms with Gasteiger partial charge in [0, 0.05) is 6.07 Å². The van der Waals surface area contributed by atoms with Crippen molar-refractivity contribution in [3.05, 3.63) is 55.2 Å². The summed E-state index contributed by atoms with van der Waals surface area (Å²) >= 11 is 4.91. The van der Waals surface area contributed by atoms with Crippen molar-refractivity contribution in [2.24, 2.45) is 5.10 Å². The number of ether oxygens (including phenoxy) is 1. The maximum absolute atomic E-state index is 12.2. The van der Waals surface area contributed by atoms with E-state index in [-0.39, 0.29) is 11.4 Å². The molecule has 1 aromatic carbocycles. The molecule has 1 aromatic heterocycles. The molecule has 7 nitrogen and oxygen atoms in total. The smallest absolute Gasteiger partial charge is 0.310 e. The van der Waals surface area contributed by atoms with Crippen LogP contribution in [0, 0.1) is 10.1 Å². The van der Waals surface area contributed by atoms with Gasteiger partial charge >= 0.3 is 5.69 Å². The highest BCUT2D eigenvalue weighted by atomic mass is 79.9. The van der Waals surface area contributed by atoms with Gasteiger partial charge in [-0.05, 0) is 47.5 Å². The van der Waals surface area contributed by atoms with Gasteiger partial charge in [-0.1, -0.05) is 19.1 Å². The number of nitrogens with zero attached hydrogens (tertiary/aromatic N) is 2. The standard InChI is InChI=1S/C16H16BrN3O4S/c1-3-11(14-8-9-15(17)25-14)18-19-16(21)10(2)24-13-7-5-4-6-12(13)20(22)23/h4-10H,3H2,1-2H3,(H,19,21)/t10-/m0/s1. The van der Waals surface area contributed by atoms with Crippen molar-refractivity contribution in [1.29, 1.82) is 0 Å². The van der Waals surface area contributed by atoms with E-state index in [4.69, 9.17) is 4.74 Å². The summed E-state index contributed by atoms with van der Waals surface area (Å²) < 4.78 is 6.39. The molecule has 1 amide bonds. The fourth-order valence-corrected chi connectivity index (χ4v) is 3.39. The van der Waals surface area contributed by atoms with E-state index >= 15 is 0 Å². The van der Waals surface area contributed by atoms with E-state index in [0.717, 1.165) is 14.4 Å². The number of carbonyl (C=O) groups is 1. The van der Waals surface area contributed by atoms with Crippen LogP contribution in [0.15, 0.2) is 45.3 Å². The van der Waals surface area contributed by atoms with Crippen LogP contribution in [0.4, 0.5) is 5.69 Å². The summed E-state index contributed by atoms with van der Waals surface area (Å²) in [5.74, 6) is -0.447. The van der Waals surface area contributed by atoms with Crippen LogP contribution in [0.5, 0.6) is 5.75 Å². The Morgan fingerprint density at radius 1 is 1.40 bits per heavy atom. The lowest BCUT2D eigenvalue weighted by molar-refractivity contribution is -0.386. The lowest BCUT2D eigenvalue weighted by Gasteiger charge is -2.13. The van der Waals surface area contributed by atoms with E-state index in [1.54, 1.807) is 6.07 Å². The summed E-state index contributed by atoms with van der Waals surface area (Å²) in [6, 6.07) is 9.74. The molecule has 0 bridgehead atoms. The van der Waals surface area contributed by atoms with Gasteiger partial charge in [0.25, 0.3) is 5.91 Å². The number of thiophene rings is 1. The number of halogens is 1. The van der Waals surface area contributed by atoms with E-state index in [2.05, 4.69) is 26.5 Å². The first kappa shape index (κ1) is 19.1. The Kier molecular flexibility index (Phi) is 6.65. The SMILES string of the molecule is CCC(=NNC(=O)[C@H](C)Oc1ccccc1[N+](=O)[O-])c1ccc(Br)s1. The Balaban J connectivity index is 2.05. The van der Waals surface area contributed by atoms with Crippen LogP contribution in [0.25, 0.3) is 0 Å². The summed E-state index contributed by atoms with van der Waals surface area (Å²) in [6.07, 6.45) is -0.287. The van der Waals surface area contributed by atoms with E-state index in [1.807, 2.05) is 19.1 Å². The van der Waals surface area contributed by atoms with E-state index in [9.17, 15) is 14.9 Å². The first-order valence-corrected chi connectivity index (χ1v) is 9.05. The highest BCUT2D eigenvalue weighted by molar-refractivity contribution is 9.11. The summed E-state index contributed by atoms with van der Waals surface area (Å²) in [6.45, 7) is 3.45. The molecule has 0 saturated carbocycles. The largest absolute Gasteiger partial charge is 0.474 e. The Hall–Kier alpha value is -2.26. The molecule has 0 aliphatic carbocycles. The van der Waals surface area contributed by atoms with Gasteiger partial charge in [0.1, 0.15) is 0 Å². The van der Waals surface area contributed by atoms with Crippen molar-refractivity contribution < 1.29 is 14.5 Å². The van der Waals surface area contributed by atoms with E-state index in [0.29, 0.717) is 6.42 Å². The quantitative estimate of drug-likeness (QED) is 0.410. The Morgan fingerprint density at radius 3 is 2.72 bits per heavy atom. The molecule has 25 heavy (non-hydrogen) atoms. The Bertz CT molecular complexity index is 806. The molecule has 1 atom stereocenters. The van der Waals surface area contributed by atoms with Crippen molar-refractivity contribution in [3.63, 3.8) is 0 Å². The number of hydrazone groups is 1. The van der Waals surface area contributed by atoms with Crippen LogP contribution in [0.3, 0.4) is 0 Å². The van der Waals surface area contributed by atoms with Gasteiger partial charge in [-0.25, -0.2) is 5.43 Å². The molecule has 0 unspecified atom stereocenters. The van der Waals surface area contributed by atoms with Crippen molar-refractivity contribution in [3.8, 4) is 5.75 Å². The normalized spacial score (nSPS) is 12.5. The average Bonchev–Trinajstić information content (AvgIpc) is 3.01. The van der Waals surface area contributed by atoms with Crippen LogP contribution >= 0.6 is 27.3 Å². The molecular weight excluding hydrogens is 410 g/mol. The van der Waals surface area contributed by atoms with Gasteiger partial charge in [-0.15, -0.1) is 11.3 Å². The minimum absolute atomic E-state index is 0.0389. The van der Waals surface area contributed by atoms with Gasteiger partial charge in [0.2, 0.25) is 0 Å². The first-order valence-electron chi connectivity index (χ1n) is 7.44. The number of nitro benzene ring substituents is 1. The number of nitro groups is 1. The molecule has 0 spiro atoms. The summed E-state index contributed by atoms with van der Waals surface area (Å²) in [4.78, 5) is 23.5. The minimum atomic E-state index is -0.932. The molecule has 132 valence electrons. The molecular formula is C16H16BrN3O4S. The third-order valence-electron chi connectivity index (χ3n) is 3.23. The second-order valence-electron chi connectivity index (χ2n) is 4.98. The minimum Gasteiger partial charge on any atom is -0.474 e. The van der Waals surface area contributed by atoms with Crippen molar-refractivity contribution in [2.75, 3.05) is 0 Å². The fraction of sp³-hybridized carbons (Fsp3) is 0.250. The molecule has 0 aliphatic rings. The van der Waals surface area contributed by atoms with Crippen LogP contribution in [-0.4, -0.2) is 22.6 Å². The van der Waals surface area contributed by atoms with Gasteiger partial charge in [-0.2, -0.15) is 5.10 Å². The van der Waals surface area contributed by atoms with E-state index in [1.165, 1.54) is 36.5 Å². The highest BCUT2D eigenvalue weighted by Crippen LogP contribution is 2.27. The van der Waals surface area contributed by atoms with Crippen molar-refractivity contribution in [2.45, 2.75) is 26.4 Å². The zero-order chi connectivity index (χ0) is 18.4. The topological polar surface area (TPSA) is 93.8 Å². The molecule has 2 rings (SSSR count). The number of hydrogen-bond donors (Lipinski definition) is 1. The third-order valence-corrected chi connectivity index (χ3v) is 4.90. The monoisotopic (exact) mass is 425 g/mol. The van der Waals surface area contributed by atoms with Gasteiger partial charge in [0.15, 0.2) is 11.9 Å². The lowest BCUT2D eigenvalue weighted by Crippen LogP contribution is -2.34. The molecule has 1 N–H and O–H groups in total. The molecule has 0 radical (unpaired) electrons. The van der Waals surface area contributed by atoms with Crippen LogP contribution in [0.1, 0.15) is 25.1 Å². The maximum atomic E-state index is 12.2. The molecule has 2 aromatic rings. The van der Waals surface area contributed by atoms with Gasteiger partial charge in [-0.3, -0.25) is 14.9 Å². The third kappa shape index (κ3) is 5.10. The van der Waals surface area contributed by atoms with Crippen molar-refractivity contribution in [1.82, 2.24) is 5.43 Å². The van der Waals surface area contributed by atoms with Crippen LogP contribution in [-0.2, 0) is 4.79 Å². The number of benzene rings is 1. The second kappa shape index (κ2) is 8.72. The zero-order valence-corrected chi connectivity index (χ0v) is 16.0. The predicted octanol–water partition coefficient (Wildman–Crippen LogP) is 4.12. The highest BCUT2D eigenvalue weighted by Gasteiger charge is 2.20. The summed E-state index contributed by atoms with van der Waals surface area (Å²) in [7, 11) is 0.